The molecular weight excluding hydrogens is 426 g/mol. The Balaban J connectivity index is 1.52. The fourth-order valence-corrected chi connectivity index (χ4v) is 5.51. The van der Waals surface area contributed by atoms with Gasteiger partial charge < -0.3 is 4.90 Å². The van der Waals surface area contributed by atoms with E-state index in [4.69, 9.17) is 10.1 Å². The van der Waals surface area contributed by atoms with E-state index in [2.05, 4.69) is 17.9 Å². The first-order valence-electron chi connectivity index (χ1n) is 9.40. The lowest BCUT2D eigenvalue weighted by Crippen LogP contribution is -2.47. The Hall–Kier alpha value is -2.60. The highest BCUT2D eigenvalue weighted by Gasteiger charge is 2.28. The van der Waals surface area contributed by atoms with Crippen LogP contribution in [0.15, 0.2) is 47.4 Å². The maximum atomic E-state index is 12.0. The van der Waals surface area contributed by atoms with Gasteiger partial charge in [-0.15, -0.1) is 11.3 Å². The number of piperazine rings is 1. The number of rotatable bonds is 5. The van der Waals surface area contributed by atoms with Crippen molar-refractivity contribution in [1.29, 1.82) is 0 Å². The van der Waals surface area contributed by atoms with Gasteiger partial charge in [0.25, 0.3) is 5.69 Å². The topological polar surface area (TPSA) is 123 Å². The Morgan fingerprint density at radius 2 is 1.87 bits per heavy atom. The van der Waals surface area contributed by atoms with Crippen molar-refractivity contribution in [2.75, 3.05) is 31.1 Å². The number of non-ortho nitro benzene ring substituents is 1. The van der Waals surface area contributed by atoms with Crippen LogP contribution in [0.2, 0.25) is 0 Å². The van der Waals surface area contributed by atoms with Crippen LogP contribution < -0.4 is 10.0 Å². The summed E-state index contributed by atoms with van der Waals surface area (Å²) in [6, 6.07) is 12.0. The summed E-state index contributed by atoms with van der Waals surface area (Å²) in [4.78, 5) is 19.1. The zero-order chi connectivity index (χ0) is 21.5. The maximum absolute atomic E-state index is 12.0. The molecule has 158 valence electrons. The lowest BCUT2D eigenvalue weighted by Gasteiger charge is -2.39. The molecule has 1 aliphatic heterocycles. The zero-order valence-electron chi connectivity index (χ0n) is 16.3. The highest BCUT2D eigenvalue weighted by atomic mass is 32.2. The van der Waals surface area contributed by atoms with Crippen molar-refractivity contribution < 1.29 is 13.3 Å². The van der Waals surface area contributed by atoms with Crippen LogP contribution in [0.4, 0.5) is 11.4 Å². The maximum Gasteiger partial charge on any atom is 0.270 e. The molecule has 3 aromatic rings. The van der Waals surface area contributed by atoms with E-state index >= 15 is 0 Å². The van der Waals surface area contributed by atoms with Gasteiger partial charge in [0.15, 0.2) is 0 Å². The van der Waals surface area contributed by atoms with Gasteiger partial charge in [-0.3, -0.25) is 15.0 Å². The minimum absolute atomic E-state index is 0.138. The van der Waals surface area contributed by atoms with Crippen molar-refractivity contribution in [1.82, 2.24) is 9.88 Å². The lowest BCUT2D eigenvalue weighted by atomic mass is 10.2. The van der Waals surface area contributed by atoms with Crippen molar-refractivity contribution in [2.45, 2.75) is 17.9 Å². The standard InChI is InChI=1S/C19H21N5O4S2/c1-13(19-21-15-4-2-3-5-17(15)29-19)22-8-10-23(11-9-22)16-7-6-14(24(25)26)12-18(16)30(20,27)28/h2-7,12-13H,8-11H2,1H3,(H2,20,27,28)/t13-/m0/s1. The molecule has 1 aromatic heterocycles. The third-order valence-corrected chi connectivity index (χ3v) is 7.48. The van der Waals surface area contributed by atoms with Crippen LogP contribution in [-0.4, -0.2) is 49.4 Å². The average Bonchev–Trinajstić information content (AvgIpc) is 3.16. The van der Waals surface area contributed by atoms with Crippen molar-refractivity contribution >= 4 is 43.0 Å². The highest BCUT2D eigenvalue weighted by Crippen LogP contribution is 2.32. The van der Waals surface area contributed by atoms with Crippen molar-refractivity contribution in [3.8, 4) is 0 Å². The van der Waals surface area contributed by atoms with Crippen LogP contribution in [0.5, 0.6) is 0 Å². The summed E-state index contributed by atoms with van der Waals surface area (Å²) in [7, 11) is -4.09. The molecule has 0 aliphatic carbocycles. The quantitative estimate of drug-likeness (QED) is 0.471. The number of nitrogens with zero attached hydrogens (tertiary/aromatic N) is 4. The molecule has 0 unspecified atom stereocenters. The largest absolute Gasteiger partial charge is 0.368 e. The second-order valence-electron chi connectivity index (χ2n) is 7.17. The number of para-hydroxylation sites is 1. The Bertz CT molecular complexity index is 1170. The number of sulfonamides is 1. The molecule has 0 spiro atoms. The van der Waals surface area contributed by atoms with Gasteiger partial charge in [0.2, 0.25) is 10.0 Å². The van der Waals surface area contributed by atoms with Gasteiger partial charge in [0, 0.05) is 38.3 Å². The number of nitro benzene ring substituents is 1. The van der Waals surface area contributed by atoms with E-state index in [-0.39, 0.29) is 16.6 Å². The third kappa shape index (κ3) is 4.01. The lowest BCUT2D eigenvalue weighted by molar-refractivity contribution is -0.385. The Labute approximate surface area is 177 Å². The monoisotopic (exact) mass is 447 g/mol. The molecule has 9 nitrogen and oxygen atoms in total. The first kappa shape index (κ1) is 20.7. The van der Waals surface area contributed by atoms with Gasteiger partial charge in [-0.05, 0) is 25.1 Å². The number of benzene rings is 2. The molecule has 0 bridgehead atoms. The minimum Gasteiger partial charge on any atom is -0.368 e. The Kier molecular flexibility index (Phi) is 5.45. The molecule has 30 heavy (non-hydrogen) atoms. The second kappa shape index (κ2) is 7.91. The number of aromatic nitrogens is 1. The second-order valence-corrected chi connectivity index (χ2v) is 9.77. The molecule has 1 aliphatic rings. The number of nitrogens with two attached hydrogens (primary N) is 1. The first-order valence-corrected chi connectivity index (χ1v) is 11.8. The molecule has 2 aromatic carbocycles. The molecule has 11 heteroatoms. The number of primary sulfonamides is 1. The number of hydrogen-bond donors (Lipinski definition) is 1. The highest BCUT2D eigenvalue weighted by molar-refractivity contribution is 7.89. The van der Waals surface area contributed by atoms with Crippen LogP contribution in [0.3, 0.4) is 0 Å². The predicted octanol–water partition coefficient (Wildman–Crippen LogP) is 2.74. The molecule has 0 radical (unpaired) electrons. The van der Waals surface area contributed by atoms with Crippen molar-refractivity contribution in [3.05, 3.63) is 57.6 Å². The van der Waals surface area contributed by atoms with E-state index in [1.54, 1.807) is 11.3 Å². The first-order chi connectivity index (χ1) is 14.2. The zero-order valence-corrected chi connectivity index (χ0v) is 17.9. The normalized spacial score (nSPS) is 16.7. The van der Waals surface area contributed by atoms with Crippen LogP contribution in [0.25, 0.3) is 10.2 Å². The molecular formula is C19H21N5O4S2. The summed E-state index contributed by atoms with van der Waals surface area (Å²) >= 11 is 1.68. The summed E-state index contributed by atoms with van der Waals surface area (Å²) in [5.41, 5.74) is 1.09. The van der Waals surface area contributed by atoms with Crippen molar-refractivity contribution in [2.24, 2.45) is 5.14 Å². The molecule has 4 rings (SSSR count). The van der Waals surface area contributed by atoms with Gasteiger partial charge in [-0.1, -0.05) is 12.1 Å². The summed E-state index contributed by atoms with van der Waals surface area (Å²) in [6.45, 7) is 4.69. The number of anilines is 1. The van der Waals surface area contributed by atoms with E-state index in [0.29, 0.717) is 31.9 Å². The average molecular weight is 448 g/mol. The molecule has 0 amide bonds. The Morgan fingerprint density at radius 3 is 2.50 bits per heavy atom. The van der Waals surface area contributed by atoms with Gasteiger partial charge in [-0.25, -0.2) is 18.5 Å². The number of thiazole rings is 1. The van der Waals surface area contributed by atoms with E-state index in [9.17, 15) is 18.5 Å². The third-order valence-electron chi connectivity index (χ3n) is 5.33. The minimum atomic E-state index is -4.09. The molecule has 1 atom stereocenters. The molecule has 0 saturated carbocycles. The Morgan fingerprint density at radius 1 is 1.17 bits per heavy atom. The molecule has 1 saturated heterocycles. The van der Waals surface area contributed by atoms with Crippen LogP contribution in [0, 0.1) is 10.1 Å². The van der Waals surface area contributed by atoms with Gasteiger partial charge in [0.05, 0.1) is 26.9 Å². The van der Waals surface area contributed by atoms with Gasteiger partial charge in [0.1, 0.15) is 9.90 Å². The van der Waals surface area contributed by atoms with E-state index in [1.165, 1.54) is 12.1 Å². The van der Waals surface area contributed by atoms with Crippen LogP contribution >= 0.6 is 11.3 Å². The van der Waals surface area contributed by atoms with E-state index in [0.717, 1.165) is 21.3 Å². The summed E-state index contributed by atoms with van der Waals surface area (Å²) in [6.07, 6.45) is 0. The summed E-state index contributed by atoms with van der Waals surface area (Å²) < 4.78 is 25.2. The number of hydrogen-bond acceptors (Lipinski definition) is 8. The van der Waals surface area contributed by atoms with E-state index in [1.807, 2.05) is 23.1 Å². The van der Waals surface area contributed by atoms with Crippen LogP contribution in [-0.2, 0) is 10.0 Å². The molecule has 2 heterocycles. The van der Waals surface area contributed by atoms with Crippen LogP contribution in [0.1, 0.15) is 18.0 Å². The van der Waals surface area contributed by atoms with Crippen molar-refractivity contribution in [3.63, 3.8) is 0 Å². The molecule has 1 fully saturated rings. The molecule has 2 N–H and O–H groups in total. The van der Waals surface area contributed by atoms with Gasteiger partial charge >= 0.3 is 0 Å². The number of fused-ring (bicyclic) bond motifs is 1. The summed E-state index contributed by atoms with van der Waals surface area (Å²) in [5, 5.41) is 17.4. The number of nitro groups is 1. The smallest absolute Gasteiger partial charge is 0.270 e. The predicted molar refractivity (Wildman–Crippen MR) is 116 cm³/mol. The van der Waals surface area contributed by atoms with Gasteiger partial charge in [-0.2, -0.15) is 0 Å². The fourth-order valence-electron chi connectivity index (χ4n) is 3.68. The summed E-state index contributed by atoms with van der Waals surface area (Å²) in [5.74, 6) is 0. The fraction of sp³-hybridized carbons (Fsp3) is 0.316. The van der Waals surface area contributed by atoms with E-state index < -0.39 is 14.9 Å². The SMILES string of the molecule is C[C@@H](c1nc2ccccc2s1)N1CCN(c2ccc([N+](=O)[O-])cc2S(N)(=O)=O)CC1.